The smallest absolute Gasteiger partial charge is 0.254 e. The lowest BCUT2D eigenvalue weighted by Gasteiger charge is -2.35. The Morgan fingerprint density at radius 2 is 1.76 bits per heavy atom. The fourth-order valence-electron chi connectivity index (χ4n) is 5.32. The first kappa shape index (κ1) is 24.3. The molecular formula is C29H29N5O4. The van der Waals surface area contributed by atoms with Crippen LogP contribution in [0.25, 0.3) is 22.2 Å². The second-order valence-corrected chi connectivity index (χ2v) is 9.74. The van der Waals surface area contributed by atoms with Gasteiger partial charge in [0.05, 0.1) is 6.10 Å². The molecule has 0 radical (unpaired) electrons. The number of benzene rings is 3. The van der Waals surface area contributed by atoms with E-state index >= 15 is 0 Å². The summed E-state index contributed by atoms with van der Waals surface area (Å²) in [7, 11) is 0. The van der Waals surface area contributed by atoms with Crippen LogP contribution >= 0.6 is 0 Å². The molecule has 2 aliphatic rings. The minimum atomic E-state index is -0.632. The molecule has 6 rings (SSSR count). The summed E-state index contributed by atoms with van der Waals surface area (Å²) in [6.45, 7) is 5.92. The number of aromatic nitrogens is 2. The van der Waals surface area contributed by atoms with E-state index in [0.717, 1.165) is 47.0 Å². The molecule has 2 unspecified atom stereocenters. The van der Waals surface area contributed by atoms with Crippen LogP contribution in [0.4, 0.5) is 5.69 Å². The number of ether oxygens (including phenoxy) is 1. The Morgan fingerprint density at radius 3 is 2.50 bits per heavy atom. The van der Waals surface area contributed by atoms with E-state index in [1.165, 1.54) is 0 Å². The second-order valence-electron chi connectivity index (χ2n) is 9.74. The molecule has 2 fully saturated rings. The lowest BCUT2D eigenvalue weighted by atomic mass is 10.0. The van der Waals surface area contributed by atoms with Gasteiger partial charge in [-0.2, -0.15) is 4.98 Å². The highest BCUT2D eigenvalue weighted by atomic mass is 16.5. The third-order valence-corrected chi connectivity index (χ3v) is 7.28. The minimum absolute atomic E-state index is 0.0742. The lowest BCUT2D eigenvalue weighted by molar-refractivity contribution is -0.117. The van der Waals surface area contributed by atoms with Crippen LogP contribution in [0, 0.1) is 6.92 Å². The van der Waals surface area contributed by atoms with Gasteiger partial charge in [-0.05, 0) is 41.1 Å². The molecule has 0 bridgehead atoms. The Balaban J connectivity index is 1.06. The zero-order valence-electron chi connectivity index (χ0n) is 21.2. The summed E-state index contributed by atoms with van der Waals surface area (Å²) < 4.78 is 11.2. The molecule has 2 aliphatic heterocycles. The molecule has 3 aromatic carbocycles. The van der Waals surface area contributed by atoms with E-state index in [1.807, 2.05) is 76.5 Å². The monoisotopic (exact) mass is 511 g/mol. The average molecular weight is 512 g/mol. The van der Waals surface area contributed by atoms with Crippen molar-refractivity contribution in [1.82, 2.24) is 19.9 Å². The van der Waals surface area contributed by atoms with Gasteiger partial charge >= 0.3 is 0 Å². The Kier molecular flexibility index (Phi) is 6.61. The van der Waals surface area contributed by atoms with E-state index in [9.17, 15) is 9.59 Å². The predicted octanol–water partition coefficient (Wildman–Crippen LogP) is 3.39. The van der Waals surface area contributed by atoms with Crippen molar-refractivity contribution in [3.05, 3.63) is 78.2 Å². The minimum Gasteiger partial charge on any atom is -0.345 e. The lowest BCUT2D eigenvalue weighted by Crippen LogP contribution is -2.50. The summed E-state index contributed by atoms with van der Waals surface area (Å²) in [5.74, 6) is 1.12. The van der Waals surface area contributed by atoms with Gasteiger partial charge in [0, 0.05) is 63.0 Å². The van der Waals surface area contributed by atoms with Crippen molar-refractivity contribution in [2.75, 3.05) is 44.2 Å². The predicted molar refractivity (Wildman–Crippen MR) is 143 cm³/mol. The molecule has 0 spiro atoms. The SMILES string of the molecule is Cc1nc(-c2ccc(N3CC(CN4CCN(C(=O)c5cccc6ccccc56)CC4)OC3C=O)cc2)no1. The standard InChI is InChI=1S/C29H29N5O4/c1-20-30-28(31-38-20)22-9-11-23(12-10-22)34-18-24(37-27(34)19-35)17-32-13-15-33(16-14-32)29(36)26-8-4-6-21-5-2-3-7-25(21)26/h2-12,19,24,27H,13-18H2,1H3. The number of fused-ring (bicyclic) bond motifs is 1. The van der Waals surface area contributed by atoms with Gasteiger partial charge in [-0.1, -0.05) is 41.6 Å². The first-order chi connectivity index (χ1) is 18.6. The van der Waals surface area contributed by atoms with Gasteiger partial charge in [-0.3, -0.25) is 14.5 Å². The number of piperazine rings is 1. The summed E-state index contributed by atoms with van der Waals surface area (Å²) in [6.07, 6.45) is 0.106. The van der Waals surface area contributed by atoms with Gasteiger partial charge < -0.3 is 19.1 Å². The number of amides is 1. The maximum absolute atomic E-state index is 13.3. The van der Waals surface area contributed by atoms with E-state index in [-0.39, 0.29) is 12.0 Å². The number of aryl methyl sites for hydroxylation is 1. The topological polar surface area (TPSA) is 92.0 Å². The van der Waals surface area contributed by atoms with Crippen molar-refractivity contribution >= 4 is 28.7 Å². The van der Waals surface area contributed by atoms with Crippen molar-refractivity contribution in [1.29, 1.82) is 0 Å². The molecule has 4 aromatic rings. The number of carbonyl (C=O) groups excluding carboxylic acids is 2. The van der Waals surface area contributed by atoms with Crippen LogP contribution in [0.2, 0.25) is 0 Å². The van der Waals surface area contributed by atoms with Gasteiger partial charge in [0.1, 0.15) is 0 Å². The van der Waals surface area contributed by atoms with E-state index < -0.39 is 6.23 Å². The molecule has 3 heterocycles. The summed E-state index contributed by atoms with van der Waals surface area (Å²) in [5, 5.41) is 6.02. The second kappa shape index (κ2) is 10.4. The number of carbonyl (C=O) groups is 2. The molecule has 9 heteroatoms. The first-order valence-corrected chi connectivity index (χ1v) is 12.9. The van der Waals surface area contributed by atoms with Crippen molar-refractivity contribution < 1.29 is 18.8 Å². The van der Waals surface area contributed by atoms with Crippen molar-refractivity contribution in [2.45, 2.75) is 19.3 Å². The van der Waals surface area contributed by atoms with Crippen LogP contribution in [0.5, 0.6) is 0 Å². The zero-order chi connectivity index (χ0) is 26.1. The highest BCUT2D eigenvalue weighted by Crippen LogP contribution is 2.27. The van der Waals surface area contributed by atoms with Gasteiger partial charge in [0.2, 0.25) is 11.7 Å². The molecule has 9 nitrogen and oxygen atoms in total. The highest BCUT2D eigenvalue weighted by molar-refractivity contribution is 6.07. The van der Waals surface area contributed by atoms with Gasteiger partial charge in [-0.25, -0.2) is 0 Å². The molecule has 0 saturated carbocycles. The summed E-state index contributed by atoms with van der Waals surface area (Å²) in [4.78, 5) is 35.6. The number of nitrogens with zero attached hydrogens (tertiary/aromatic N) is 5. The molecule has 2 atom stereocenters. The fraction of sp³-hybridized carbons (Fsp3) is 0.310. The van der Waals surface area contributed by atoms with Crippen molar-refractivity contribution in [3.8, 4) is 11.4 Å². The van der Waals surface area contributed by atoms with Crippen LogP contribution in [-0.4, -0.2) is 83.7 Å². The van der Waals surface area contributed by atoms with Crippen LogP contribution in [0.1, 0.15) is 16.2 Å². The summed E-state index contributed by atoms with van der Waals surface area (Å²) in [6, 6.07) is 21.6. The molecule has 0 N–H and O–H groups in total. The third-order valence-electron chi connectivity index (χ3n) is 7.28. The normalized spacial score (nSPS) is 20.2. The quantitative estimate of drug-likeness (QED) is 0.364. The molecule has 194 valence electrons. The Hall–Kier alpha value is -4.08. The van der Waals surface area contributed by atoms with E-state index in [0.29, 0.717) is 37.9 Å². The molecule has 2 saturated heterocycles. The largest absolute Gasteiger partial charge is 0.345 e. The molecule has 0 aliphatic carbocycles. The highest BCUT2D eigenvalue weighted by Gasteiger charge is 2.35. The molecule has 1 aromatic heterocycles. The van der Waals surface area contributed by atoms with E-state index in [4.69, 9.17) is 9.26 Å². The number of hydrogen-bond donors (Lipinski definition) is 0. The van der Waals surface area contributed by atoms with Crippen LogP contribution in [-0.2, 0) is 9.53 Å². The third kappa shape index (κ3) is 4.78. The van der Waals surface area contributed by atoms with Crippen molar-refractivity contribution in [3.63, 3.8) is 0 Å². The molecule has 1 amide bonds. The summed E-state index contributed by atoms with van der Waals surface area (Å²) in [5.41, 5.74) is 2.50. The maximum atomic E-state index is 13.3. The number of hydrogen-bond acceptors (Lipinski definition) is 8. The zero-order valence-corrected chi connectivity index (χ0v) is 21.2. The fourth-order valence-corrected chi connectivity index (χ4v) is 5.32. The Morgan fingerprint density at radius 1 is 1.00 bits per heavy atom. The number of aldehydes is 1. The maximum Gasteiger partial charge on any atom is 0.254 e. The van der Waals surface area contributed by atoms with E-state index in [2.05, 4.69) is 15.0 Å². The average Bonchev–Trinajstić information content (AvgIpc) is 3.59. The van der Waals surface area contributed by atoms with E-state index in [1.54, 1.807) is 6.92 Å². The molecule has 38 heavy (non-hydrogen) atoms. The van der Waals surface area contributed by atoms with Crippen LogP contribution in [0.15, 0.2) is 71.3 Å². The van der Waals surface area contributed by atoms with Gasteiger partial charge in [-0.15, -0.1) is 0 Å². The van der Waals surface area contributed by atoms with Crippen molar-refractivity contribution in [2.24, 2.45) is 0 Å². The number of anilines is 1. The Labute approximate surface area is 220 Å². The Bertz CT molecular complexity index is 1440. The van der Waals surface area contributed by atoms with Gasteiger partial charge in [0.15, 0.2) is 12.5 Å². The molecular weight excluding hydrogens is 482 g/mol. The number of rotatable bonds is 6. The van der Waals surface area contributed by atoms with Gasteiger partial charge in [0.25, 0.3) is 5.91 Å². The van der Waals surface area contributed by atoms with Crippen LogP contribution < -0.4 is 4.90 Å². The first-order valence-electron chi connectivity index (χ1n) is 12.9. The summed E-state index contributed by atoms with van der Waals surface area (Å²) >= 11 is 0. The van der Waals surface area contributed by atoms with Crippen LogP contribution in [0.3, 0.4) is 0 Å².